The number of rotatable bonds is 7. The average molecular weight is 447 g/mol. The largest absolute Gasteiger partial charge is 0.350 e. The molecule has 31 heavy (non-hydrogen) atoms. The van der Waals surface area contributed by atoms with E-state index < -0.39 is 22.6 Å². The molecule has 1 aliphatic rings. The van der Waals surface area contributed by atoms with Crippen molar-refractivity contribution in [2.45, 2.75) is 38.9 Å². The Bertz CT molecular complexity index is 1160. The summed E-state index contributed by atoms with van der Waals surface area (Å²) in [5.41, 5.74) is 1.76. The van der Waals surface area contributed by atoms with Gasteiger partial charge in [-0.2, -0.15) is 5.10 Å². The third-order valence-corrected chi connectivity index (χ3v) is 5.69. The molecular formula is C22H21ClF2N4O2. The topological polar surface area (TPSA) is 67.2 Å². The van der Waals surface area contributed by atoms with Crippen molar-refractivity contribution in [1.29, 1.82) is 0 Å². The number of aromatic nitrogens is 2. The first kappa shape index (κ1) is 21.2. The molecule has 2 amide bonds. The second-order valence-electron chi connectivity index (χ2n) is 7.62. The van der Waals surface area contributed by atoms with Crippen LogP contribution in [-0.2, 0) is 22.7 Å². The zero-order valence-electron chi connectivity index (χ0n) is 16.9. The molecule has 1 aromatic heterocycles. The van der Waals surface area contributed by atoms with Gasteiger partial charge in [-0.05, 0) is 31.9 Å². The number of amides is 2. The predicted octanol–water partition coefficient (Wildman–Crippen LogP) is 3.58. The third-order valence-electron chi connectivity index (χ3n) is 5.34. The fraction of sp³-hybridized carbons (Fsp3) is 0.318. The van der Waals surface area contributed by atoms with Gasteiger partial charge in [0.05, 0.1) is 17.8 Å². The number of aryl methyl sites for hydroxylation is 1. The molecule has 0 saturated heterocycles. The van der Waals surface area contributed by atoms with E-state index in [1.807, 2.05) is 31.2 Å². The van der Waals surface area contributed by atoms with E-state index in [0.717, 1.165) is 35.5 Å². The Kier molecular flexibility index (Phi) is 5.91. The SMILES string of the molecule is Cc1nn(CC(=O)N(CC(=O)NCc2ccc(F)c(Cl)c2F)C2CC2)c2ccccc12. The van der Waals surface area contributed by atoms with Gasteiger partial charge in [-0.1, -0.05) is 35.9 Å². The molecule has 2 aromatic carbocycles. The quantitative estimate of drug-likeness (QED) is 0.564. The Labute approximate surface area is 182 Å². The van der Waals surface area contributed by atoms with Gasteiger partial charge in [0.25, 0.3) is 0 Å². The van der Waals surface area contributed by atoms with Crippen LogP contribution in [-0.4, -0.2) is 39.1 Å². The van der Waals surface area contributed by atoms with Gasteiger partial charge < -0.3 is 10.2 Å². The summed E-state index contributed by atoms with van der Waals surface area (Å²) in [5, 5.41) is 7.40. The molecule has 0 radical (unpaired) electrons. The summed E-state index contributed by atoms with van der Waals surface area (Å²) in [7, 11) is 0. The van der Waals surface area contributed by atoms with Gasteiger partial charge in [-0.15, -0.1) is 0 Å². The lowest BCUT2D eigenvalue weighted by atomic mass is 10.2. The summed E-state index contributed by atoms with van der Waals surface area (Å²) < 4.78 is 28.9. The second kappa shape index (κ2) is 8.63. The van der Waals surface area contributed by atoms with Crippen molar-refractivity contribution in [2.24, 2.45) is 0 Å². The molecule has 6 nitrogen and oxygen atoms in total. The lowest BCUT2D eigenvalue weighted by Gasteiger charge is -2.22. The van der Waals surface area contributed by atoms with Crippen molar-refractivity contribution in [2.75, 3.05) is 6.54 Å². The third kappa shape index (κ3) is 4.54. The summed E-state index contributed by atoms with van der Waals surface area (Å²) in [5.74, 6) is -2.40. The number of para-hydroxylation sites is 1. The van der Waals surface area contributed by atoms with E-state index in [9.17, 15) is 18.4 Å². The fourth-order valence-electron chi connectivity index (χ4n) is 3.55. The molecule has 9 heteroatoms. The second-order valence-corrected chi connectivity index (χ2v) is 8.00. The smallest absolute Gasteiger partial charge is 0.245 e. The first-order valence-corrected chi connectivity index (χ1v) is 10.3. The van der Waals surface area contributed by atoms with Crippen LogP contribution in [0.3, 0.4) is 0 Å². The molecule has 1 fully saturated rings. The van der Waals surface area contributed by atoms with Gasteiger partial charge in [-0.3, -0.25) is 14.3 Å². The summed E-state index contributed by atoms with van der Waals surface area (Å²) in [4.78, 5) is 26.9. The van der Waals surface area contributed by atoms with E-state index in [2.05, 4.69) is 10.4 Å². The van der Waals surface area contributed by atoms with Crippen molar-refractivity contribution in [3.63, 3.8) is 0 Å². The maximum Gasteiger partial charge on any atom is 0.245 e. The van der Waals surface area contributed by atoms with E-state index in [1.165, 1.54) is 11.0 Å². The zero-order valence-corrected chi connectivity index (χ0v) is 17.6. The molecule has 0 atom stereocenters. The van der Waals surface area contributed by atoms with Gasteiger partial charge in [0.15, 0.2) is 0 Å². The molecular weight excluding hydrogens is 426 g/mol. The lowest BCUT2D eigenvalue weighted by Crippen LogP contribution is -2.43. The molecule has 0 unspecified atom stereocenters. The molecule has 1 heterocycles. The van der Waals surface area contributed by atoms with Crippen LogP contribution in [0.5, 0.6) is 0 Å². The lowest BCUT2D eigenvalue weighted by molar-refractivity contribution is -0.137. The van der Waals surface area contributed by atoms with Gasteiger partial charge in [-0.25, -0.2) is 8.78 Å². The Balaban J connectivity index is 1.41. The molecule has 1 N–H and O–H groups in total. The van der Waals surface area contributed by atoms with Crippen molar-refractivity contribution in [3.05, 3.63) is 64.3 Å². The molecule has 162 valence electrons. The highest BCUT2D eigenvalue weighted by molar-refractivity contribution is 6.30. The Morgan fingerprint density at radius 2 is 1.97 bits per heavy atom. The van der Waals surface area contributed by atoms with E-state index >= 15 is 0 Å². The molecule has 0 bridgehead atoms. The summed E-state index contributed by atoms with van der Waals surface area (Å²) >= 11 is 5.57. The molecule has 1 saturated carbocycles. The molecule has 0 aliphatic heterocycles. The van der Waals surface area contributed by atoms with Crippen LogP contribution in [0.2, 0.25) is 5.02 Å². The Morgan fingerprint density at radius 3 is 2.71 bits per heavy atom. The zero-order chi connectivity index (χ0) is 22.1. The summed E-state index contributed by atoms with van der Waals surface area (Å²) in [6.45, 7) is 1.62. The maximum atomic E-state index is 14.0. The first-order valence-electron chi connectivity index (χ1n) is 9.96. The molecule has 3 aromatic rings. The number of hydrogen-bond acceptors (Lipinski definition) is 3. The van der Waals surface area contributed by atoms with Crippen molar-refractivity contribution in [3.8, 4) is 0 Å². The number of fused-ring (bicyclic) bond motifs is 1. The van der Waals surface area contributed by atoms with Crippen molar-refractivity contribution in [1.82, 2.24) is 20.0 Å². The number of nitrogens with one attached hydrogen (secondary N) is 1. The first-order chi connectivity index (χ1) is 14.8. The highest BCUT2D eigenvalue weighted by Gasteiger charge is 2.34. The number of carbonyl (C=O) groups is 2. The number of benzene rings is 2. The molecule has 4 rings (SSSR count). The summed E-state index contributed by atoms with van der Waals surface area (Å²) in [6.07, 6.45) is 1.67. The van der Waals surface area contributed by atoms with Crippen LogP contribution >= 0.6 is 11.6 Å². The van der Waals surface area contributed by atoms with E-state index in [1.54, 1.807) is 4.68 Å². The minimum Gasteiger partial charge on any atom is -0.350 e. The van der Waals surface area contributed by atoms with Crippen LogP contribution in [0.4, 0.5) is 8.78 Å². The minimum absolute atomic E-state index is 0.0122. The normalized spacial score (nSPS) is 13.4. The van der Waals surface area contributed by atoms with Crippen LogP contribution in [0.1, 0.15) is 24.1 Å². The minimum atomic E-state index is -0.905. The Hall–Kier alpha value is -3.00. The van der Waals surface area contributed by atoms with Gasteiger partial charge in [0.1, 0.15) is 23.2 Å². The predicted molar refractivity (Wildman–Crippen MR) is 112 cm³/mol. The van der Waals surface area contributed by atoms with E-state index in [0.29, 0.717) is 0 Å². The highest BCUT2D eigenvalue weighted by atomic mass is 35.5. The Morgan fingerprint density at radius 1 is 1.23 bits per heavy atom. The van der Waals surface area contributed by atoms with Crippen molar-refractivity contribution < 1.29 is 18.4 Å². The summed E-state index contributed by atoms with van der Waals surface area (Å²) in [6, 6.07) is 9.94. The maximum absolute atomic E-state index is 14.0. The monoisotopic (exact) mass is 446 g/mol. The van der Waals surface area contributed by atoms with Crippen molar-refractivity contribution >= 4 is 34.3 Å². The van der Waals surface area contributed by atoms with Gasteiger partial charge in [0.2, 0.25) is 11.8 Å². The van der Waals surface area contributed by atoms with Crippen LogP contribution < -0.4 is 5.32 Å². The van der Waals surface area contributed by atoms with E-state index in [4.69, 9.17) is 11.6 Å². The van der Waals surface area contributed by atoms with Crippen LogP contribution in [0.15, 0.2) is 36.4 Å². The number of hydrogen-bond donors (Lipinski definition) is 1. The van der Waals surface area contributed by atoms with Gasteiger partial charge >= 0.3 is 0 Å². The number of carbonyl (C=O) groups excluding carboxylic acids is 2. The highest BCUT2D eigenvalue weighted by Crippen LogP contribution is 2.27. The van der Waals surface area contributed by atoms with Crippen LogP contribution in [0.25, 0.3) is 10.9 Å². The standard InChI is InChI=1S/C22H21ClF2N4O2/c1-13-16-4-2-3-5-18(16)29(27-13)12-20(31)28(15-7-8-15)11-19(30)26-10-14-6-9-17(24)21(23)22(14)25/h2-6,9,15H,7-8,10-12H2,1H3,(H,26,30). The number of halogens is 3. The van der Waals surface area contributed by atoms with E-state index in [-0.39, 0.29) is 37.1 Å². The van der Waals surface area contributed by atoms with Gasteiger partial charge in [0, 0.05) is 23.5 Å². The average Bonchev–Trinajstić information content (AvgIpc) is 3.55. The van der Waals surface area contributed by atoms with Crippen LogP contribution in [0, 0.1) is 18.6 Å². The molecule has 1 aliphatic carbocycles. The fourth-order valence-corrected chi connectivity index (χ4v) is 3.73. The number of nitrogens with zero attached hydrogens (tertiary/aromatic N) is 3. The molecule has 0 spiro atoms.